The summed E-state index contributed by atoms with van der Waals surface area (Å²) in [7, 11) is 3.42. The van der Waals surface area contributed by atoms with E-state index in [1.807, 2.05) is 24.3 Å². The van der Waals surface area contributed by atoms with E-state index in [0.29, 0.717) is 16.1 Å². The number of hydrogen-bond donors (Lipinski definition) is 0. The first-order valence-corrected chi connectivity index (χ1v) is 11.5. The van der Waals surface area contributed by atoms with Crippen molar-refractivity contribution in [2.75, 3.05) is 7.11 Å². The van der Waals surface area contributed by atoms with Crippen molar-refractivity contribution in [1.82, 2.24) is 14.5 Å². The predicted molar refractivity (Wildman–Crippen MR) is 120 cm³/mol. The van der Waals surface area contributed by atoms with Crippen molar-refractivity contribution >= 4 is 55.8 Å². The molecule has 0 saturated heterocycles. The number of rotatable bonds is 4. The van der Waals surface area contributed by atoms with Gasteiger partial charge in [0, 0.05) is 34.7 Å². The van der Waals surface area contributed by atoms with E-state index >= 15 is 0 Å². The first-order chi connectivity index (χ1) is 14.0. The van der Waals surface area contributed by atoms with Crippen LogP contribution in [0.25, 0.3) is 21.1 Å². The van der Waals surface area contributed by atoms with E-state index in [-0.39, 0.29) is 5.56 Å². The van der Waals surface area contributed by atoms with Gasteiger partial charge in [-0.05, 0) is 43.0 Å². The second-order valence-corrected chi connectivity index (χ2v) is 9.47. The summed E-state index contributed by atoms with van der Waals surface area (Å²) in [5.74, 6) is 1.34. The molecule has 1 aromatic carbocycles. The molecule has 148 valence electrons. The van der Waals surface area contributed by atoms with Gasteiger partial charge in [-0.1, -0.05) is 23.4 Å². The second kappa shape index (κ2) is 7.31. The van der Waals surface area contributed by atoms with Gasteiger partial charge in [-0.3, -0.25) is 9.36 Å². The SMILES string of the molecule is COc1ccc2cc(CSc3nc4sc5c(c4c(=O)n3C)CCC5)c(Cl)nc2c1. The van der Waals surface area contributed by atoms with Crippen LogP contribution in [0.5, 0.6) is 5.75 Å². The van der Waals surface area contributed by atoms with Crippen LogP contribution in [-0.4, -0.2) is 21.6 Å². The molecule has 1 aliphatic rings. The molecule has 5 rings (SSSR count). The van der Waals surface area contributed by atoms with Crippen LogP contribution in [0.2, 0.25) is 5.15 Å². The minimum absolute atomic E-state index is 0.0479. The third-order valence-corrected chi connectivity index (χ3v) is 7.90. The topological polar surface area (TPSA) is 57.0 Å². The molecule has 0 aliphatic heterocycles. The Bertz CT molecular complexity index is 1330. The Balaban J connectivity index is 1.48. The Morgan fingerprint density at radius 2 is 2.14 bits per heavy atom. The largest absolute Gasteiger partial charge is 0.497 e. The van der Waals surface area contributed by atoms with Crippen molar-refractivity contribution in [3.63, 3.8) is 0 Å². The van der Waals surface area contributed by atoms with Crippen LogP contribution in [-0.2, 0) is 25.6 Å². The fraction of sp³-hybridized carbons (Fsp3) is 0.286. The van der Waals surface area contributed by atoms with Crippen molar-refractivity contribution in [1.29, 1.82) is 0 Å². The summed E-state index contributed by atoms with van der Waals surface area (Å²) in [6.45, 7) is 0. The number of hydrogen-bond acceptors (Lipinski definition) is 6. The normalized spacial score (nSPS) is 13.3. The lowest BCUT2D eigenvalue weighted by Gasteiger charge is -2.10. The number of halogens is 1. The predicted octanol–water partition coefficient (Wildman–Crippen LogP) is 4.99. The molecule has 0 atom stereocenters. The molecule has 0 bridgehead atoms. The zero-order valence-electron chi connectivity index (χ0n) is 16.0. The Morgan fingerprint density at radius 1 is 1.28 bits per heavy atom. The smallest absolute Gasteiger partial charge is 0.262 e. The number of benzene rings is 1. The van der Waals surface area contributed by atoms with E-state index in [0.717, 1.165) is 51.7 Å². The Morgan fingerprint density at radius 3 is 2.97 bits per heavy atom. The van der Waals surface area contributed by atoms with Crippen LogP contribution >= 0.6 is 34.7 Å². The van der Waals surface area contributed by atoms with Crippen molar-refractivity contribution < 1.29 is 4.74 Å². The van der Waals surface area contributed by atoms with Crippen LogP contribution < -0.4 is 10.3 Å². The van der Waals surface area contributed by atoms with Gasteiger partial charge < -0.3 is 4.74 Å². The molecular weight excluding hydrogens is 426 g/mol. The minimum Gasteiger partial charge on any atom is -0.497 e. The van der Waals surface area contributed by atoms with Gasteiger partial charge in [0.05, 0.1) is 18.0 Å². The molecule has 3 heterocycles. The van der Waals surface area contributed by atoms with Gasteiger partial charge in [-0.25, -0.2) is 9.97 Å². The Kier molecular flexibility index (Phi) is 4.76. The summed E-state index contributed by atoms with van der Waals surface area (Å²) in [5.41, 5.74) is 2.97. The molecule has 0 saturated carbocycles. The van der Waals surface area contributed by atoms with Gasteiger partial charge in [-0.2, -0.15) is 0 Å². The minimum atomic E-state index is 0.0479. The third kappa shape index (κ3) is 3.21. The lowest BCUT2D eigenvalue weighted by molar-refractivity contribution is 0.415. The standard InChI is InChI=1S/C21H18ClN3O2S2/c1-25-20(26)17-14-4-3-5-16(14)29-19(17)24-21(25)28-10-12-8-11-6-7-13(27-2)9-15(11)23-18(12)22/h6-9H,3-5,10H2,1-2H3. The maximum atomic E-state index is 12.9. The highest BCUT2D eigenvalue weighted by molar-refractivity contribution is 7.98. The second-order valence-electron chi connectivity index (χ2n) is 7.08. The monoisotopic (exact) mass is 443 g/mol. The van der Waals surface area contributed by atoms with Crippen molar-refractivity contribution in [2.45, 2.75) is 30.2 Å². The van der Waals surface area contributed by atoms with Crippen LogP contribution in [0.1, 0.15) is 22.4 Å². The van der Waals surface area contributed by atoms with Gasteiger partial charge in [0.1, 0.15) is 15.7 Å². The summed E-state index contributed by atoms with van der Waals surface area (Å²) in [4.78, 5) is 24.4. The average Bonchev–Trinajstić information content (AvgIpc) is 3.30. The molecule has 5 nitrogen and oxygen atoms in total. The van der Waals surface area contributed by atoms with Crippen molar-refractivity contribution in [3.05, 3.63) is 55.8 Å². The number of thiophene rings is 1. The van der Waals surface area contributed by atoms with Crippen molar-refractivity contribution in [2.24, 2.45) is 7.05 Å². The third-order valence-electron chi connectivity index (χ3n) is 5.31. The molecule has 8 heteroatoms. The first-order valence-electron chi connectivity index (χ1n) is 9.32. The molecule has 1 aliphatic carbocycles. The van der Waals surface area contributed by atoms with E-state index in [1.165, 1.54) is 22.2 Å². The average molecular weight is 444 g/mol. The van der Waals surface area contributed by atoms with E-state index in [4.69, 9.17) is 21.3 Å². The summed E-state index contributed by atoms with van der Waals surface area (Å²) in [6.07, 6.45) is 3.18. The number of thioether (sulfide) groups is 1. The molecule has 0 unspecified atom stereocenters. The number of ether oxygens (including phenoxy) is 1. The number of nitrogens with zero attached hydrogens (tertiary/aromatic N) is 3. The number of aromatic nitrogens is 3. The lowest BCUT2D eigenvalue weighted by Crippen LogP contribution is -2.20. The highest BCUT2D eigenvalue weighted by atomic mass is 35.5. The Labute approximate surface area is 180 Å². The van der Waals surface area contributed by atoms with Crippen LogP contribution in [0.3, 0.4) is 0 Å². The quantitative estimate of drug-likeness (QED) is 0.253. The zero-order chi connectivity index (χ0) is 20.1. The first kappa shape index (κ1) is 18.9. The Hall–Kier alpha value is -2.09. The summed E-state index contributed by atoms with van der Waals surface area (Å²) in [6, 6.07) is 7.78. The van der Waals surface area contributed by atoms with Gasteiger partial charge in [-0.15, -0.1) is 11.3 Å². The molecule has 3 aromatic heterocycles. The van der Waals surface area contributed by atoms with E-state index in [1.54, 1.807) is 30.1 Å². The molecule has 0 amide bonds. The van der Waals surface area contributed by atoms with E-state index in [9.17, 15) is 4.79 Å². The van der Waals surface area contributed by atoms with Crippen molar-refractivity contribution in [3.8, 4) is 5.75 Å². The molecule has 0 spiro atoms. The lowest BCUT2D eigenvalue weighted by atomic mass is 10.1. The van der Waals surface area contributed by atoms with E-state index < -0.39 is 0 Å². The molecule has 0 radical (unpaired) electrons. The van der Waals surface area contributed by atoms with Gasteiger partial charge >= 0.3 is 0 Å². The fourth-order valence-corrected chi connectivity index (χ4v) is 6.31. The number of pyridine rings is 1. The molecule has 29 heavy (non-hydrogen) atoms. The van der Waals surface area contributed by atoms with Gasteiger partial charge in [0.25, 0.3) is 5.56 Å². The number of methoxy groups -OCH3 is 1. The van der Waals surface area contributed by atoms with Gasteiger partial charge in [0.15, 0.2) is 5.16 Å². The van der Waals surface area contributed by atoms with E-state index in [2.05, 4.69) is 4.98 Å². The maximum Gasteiger partial charge on any atom is 0.262 e. The van der Waals surface area contributed by atoms with Crippen LogP contribution in [0, 0.1) is 0 Å². The zero-order valence-corrected chi connectivity index (χ0v) is 18.4. The molecule has 0 fully saturated rings. The summed E-state index contributed by atoms with van der Waals surface area (Å²) in [5, 5.41) is 2.97. The fourth-order valence-electron chi connectivity index (χ4n) is 3.77. The highest BCUT2D eigenvalue weighted by Gasteiger charge is 2.22. The maximum absolute atomic E-state index is 12.9. The summed E-state index contributed by atoms with van der Waals surface area (Å²) >= 11 is 9.60. The molecule has 4 aromatic rings. The van der Waals surface area contributed by atoms with Crippen LogP contribution in [0.15, 0.2) is 34.2 Å². The van der Waals surface area contributed by atoms with Crippen LogP contribution in [0.4, 0.5) is 0 Å². The number of fused-ring (bicyclic) bond motifs is 4. The van der Waals surface area contributed by atoms with Gasteiger partial charge in [0.2, 0.25) is 0 Å². The molecule has 0 N–H and O–H groups in total. The summed E-state index contributed by atoms with van der Waals surface area (Å²) < 4.78 is 6.91. The molecular formula is C21H18ClN3O2S2. The number of aryl methyl sites for hydroxylation is 2. The highest BCUT2D eigenvalue weighted by Crippen LogP contribution is 2.36.